The second-order valence-corrected chi connectivity index (χ2v) is 6.71. The highest BCUT2D eigenvalue weighted by molar-refractivity contribution is 5.95. The van der Waals surface area contributed by atoms with Gasteiger partial charge in [0.15, 0.2) is 0 Å². The van der Waals surface area contributed by atoms with Crippen molar-refractivity contribution in [1.29, 1.82) is 0 Å². The lowest BCUT2D eigenvalue weighted by molar-refractivity contribution is 0.0951. The molecular formula is C22H25N3O2. The van der Waals surface area contributed by atoms with Crippen LogP contribution in [-0.4, -0.2) is 20.8 Å². The van der Waals surface area contributed by atoms with E-state index in [1.165, 1.54) is 0 Å². The number of aliphatic hydroxyl groups excluding tert-OH is 1. The van der Waals surface area contributed by atoms with Crippen LogP contribution in [0.4, 0.5) is 0 Å². The number of aryl methyl sites for hydroxylation is 1. The molecule has 0 aliphatic rings. The van der Waals surface area contributed by atoms with Gasteiger partial charge in [0.2, 0.25) is 0 Å². The van der Waals surface area contributed by atoms with E-state index in [-0.39, 0.29) is 5.91 Å². The maximum absolute atomic E-state index is 12.5. The summed E-state index contributed by atoms with van der Waals surface area (Å²) in [7, 11) is 1.85. The molecule has 1 amide bonds. The summed E-state index contributed by atoms with van der Waals surface area (Å²) in [6.07, 6.45) is 4.90. The van der Waals surface area contributed by atoms with Gasteiger partial charge in [-0.25, -0.2) is 0 Å². The number of nitrogens with one attached hydrogen (secondary N) is 1. The van der Waals surface area contributed by atoms with Crippen LogP contribution in [0.5, 0.6) is 0 Å². The van der Waals surface area contributed by atoms with Crippen molar-refractivity contribution in [3.63, 3.8) is 0 Å². The molecule has 3 aromatic rings. The van der Waals surface area contributed by atoms with Crippen molar-refractivity contribution in [2.75, 3.05) is 0 Å². The minimum Gasteiger partial charge on any atom is -0.388 e. The Hall–Kier alpha value is -2.92. The van der Waals surface area contributed by atoms with Crippen molar-refractivity contribution in [2.24, 2.45) is 7.05 Å². The lowest BCUT2D eigenvalue weighted by atomic mass is 9.99. The molecule has 2 N–H and O–H groups in total. The van der Waals surface area contributed by atoms with Gasteiger partial charge in [0.1, 0.15) is 0 Å². The lowest BCUT2D eigenvalue weighted by Gasteiger charge is -2.11. The van der Waals surface area contributed by atoms with E-state index in [1.54, 1.807) is 16.9 Å². The molecule has 5 nitrogen and oxygen atoms in total. The summed E-state index contributed by atoms with van der Waals surface area (Å²) in [4.78, 5) is 12.5. The number of nitrogens with zero attached hydrogens (tertiary/aromatic N) is 2. The maximum Gasteiger partial charge on any atom is 0.251 e. The van der Waals surface area contributed by atoms with Gasteiger partial charge in [-0.2, -0.15) is 5.10 Å². The van der Waals surface area contributed by atoms with Crippen LogP contribution in [0.15, 0.2) is 60.9 Å². The number of benzene rings is 2. The third-order valence-electron chi connectivity index (χ3n) is 4.53. The van der Waals surface area contributed by atoms with Crippen LogP contribution in [0.1, 0.15) is 47.4 Å². The quantitative estimate of drug-likeness (QED) is 0.670. The third kappa shape index (κ3) is 4.83. The minimum atomic E-state index is -0.423. The largest absolute Gasteiger partial charge is 0.388 e. The zero-order chi connectivity index (χ0) is 19.2. The predicted molar refractivity (Wildman–Crippen MR) is 106 cm³/mol. The number of hydrogen-bond donors (Lipinski definition) is 2. The molecule has 0 radical (unpaired) electrons. The highest BCUT2D eigenvalue weighted by atomic mass is 16.3. The minimum absolute atomic E-state index is 0.115. The summed E-state index contributed by atoms with van der Waals surface area (Å²) in [6, 6.07) is 15.4. The maximum atomic E-state index is 12.5. The topological polar surface area (TPSA) is 67.2 Å². The van der Waals surface area contributed by atoms with Gasteiger partial charge in [-0.3, -0.25) is 9.48 Å². The molecule has 1 atom stereocenters. The molecule has 140 valence electrons. The molecule has 0 saturated carbocycles. The molecule has 0 aliphatic heterocycles. The number of aliphatic hydroxyl groups is 1. The second kappa shape index (κ2) is 8.64. The summed E-state index contributed by atoms with van der Waals surface area (Å²) in [6.45, 7) is 2.50. The van der Waals surface area contributed by atoms with Crippen molar-refractivity contribution in [1.82, 2.24) is 15.1 Å². The van der Waals surface area contributed by atoms with E-state index in [2.05, 4.69) is 17.3 Å². The van der Waals surface area contributed by atoms with E-state index < -0.39 is 6.10 Å². The Balaban J connectivity index is 1.70. The smallest absolute Gasteiger partial charge is 0.251 e. The van der Waals surface area contributed by atoms with Gasteiger partial charge >= 0.3 is 0 Å². The van der Waals surface area contributed by atoms with E-state index >= 15 is 0 Å². The van der Waals surface area contributed by atoms with E-state index in [9.17, 15) is 9.90 Å². The van der Waals surface area contributed by atoms with E-state index in [1.807, 2.05) is 55.7 Å². The van der Waals surface area contributed by atoms with Crippen molar-refractivity contribution >= 4 is 5.91 Å². The average molecular weight is 363 g/mol. The molecule has 2 aromatic carbocycles. The van der Waals surface area contributed by atoms with Gasteiger partial charge in [0, 0.05) is 30.9 Å². The lowest BCUT2D eigenvalue weighted by Crippen LogP contribution is -2.22. The Morgan fingerprint density at radius 1 is 1.19 bits per heavy atom. The van der Waals surface area contributed by atoms with Crippen LogP contribution in [0.2, 0.25) is 0 Å². The SMILES string of the molecule is CCCC(O)c1ccc(-c2cccc(C(=O)NCc3cnn(C)c3)c2)cc1. The van der Waals surface area contributed by atoms with E-state index in [0.717, 1.165) is 35.1 Å². The van der Waals surface area contributed by atoms with Gasteiger partial charge in [0.05, 0.1) is 12.3 Å². The fraction of sp³-hybridized carbons (Fsp3) is 0.273. The zero-order valence-corrected chi connectivity index (χ0v) is 15.7. The molecular weight excluding hydrogens is 338 g/mol. The van der Waals surface area contributed by atoms with Gasteiger partial charge in [-0.15, -0.1) is 0 Å². The molecule has 0 saturated heterocycles. The first-order valence-corrected chi connectivity index (χ1v) is 9.21. The first-order valence-electron chi connectivity index (χ1n) is 9.21. The molecule has 1 heterocycles. The first kappa shape index (κ1) is 18.9. The molecule has 1 unspecified atom stereocenters. The molecule has 0 spiro atoms. The highest BCUT2D eigenvalue weighted by Gasteiger charge is 2.09. The van der Waals surface area contributed by atoms with Crippen LogP contribution in [-0.2, 0) is 13.6 Å². The number of aromatic nitrogens is 2. The van der Waals surface area contributed by atoms with Gasteiger partial charge in [-0.05, 0) is 35.2 Å². The summed E-state index contributed by atoms with van der Waals surface area (Å²) >= 11 is 0. The molecule has 5 heteroatoms. The Kier molecular flexibility index (Phi) is 6.04. The molecule has 27 heavy (non-hydrogen) atoms. The monoisotopic (exact) mass is 363 g/mol. The Morgan fingerprint density at radius 3 is 2.63 bits per heavy atom. The summed E-state index contributed by atoms with van der Waals surface area (Å²) < 4.78 is 1.71. The second-order valence-electron chi connectivity index (χ2n) is 6.71. The summed E-state index contributed by atoms with van der Waals surface area (Å²) in [5.74, 6) is -0.115. The van der Waals surface area contributed by atoms with Crippen LogP contribution in [0.25, 0.3) is 11.1 Å². The predicted octanol–water partition coefficient (Wildman–Crippen LogP) is 3.85. The molecule has 3 rings (SSSR count). The molecule has 0 bridgehead atoms. The van der Waals surface area contributed by atoms with Gasteiger partial charge < -0.3 is 10.4 Å². The van der Waals surface area contributed by atoms with Gasteiger partial charge in [-0.1, -0.05) is 49.7 Å². The van der Waals surface area contributed by atoms with Crippen LogP contribution >= 0.6 is 0 Å². The van der Waals surface area contributed by atoms with Crippen LogP contribution in [0, 0.1) is 0 Å². The number of rotatable bonds is 7. The summed E-state index contributed by atoms with van der Waals surface area (Å²) in [5, 5.41) is 17.1. The number of carbonyl (C=O) groups excluding carboxylic acids is 1. The Bertz CT molecular complexity index is 900. The highest BCUT2D eigenvalue weighted by Crippen LogP contribution is 2.24. The van der Waals surface area contributed by atoms with E-state index in [4.69, 9.17) is 0 Å². The molecule has 0 aliphatic carbocycles. The van der Waals surface area contributed by atoms with Crippen molar-refractivity contribution in [3.05, 3.63) is 77.6 Å². The van der Waals surface area contributed by atoms with Crippen LogP contribution in [0.3, 0.4) is 0 Å². The third-order valence-corrected chi connectivity index (χ3v) is 4.53. The number of carbonyl (C=O) groups is 1. The fourth-order valence-electron chi connectivity index (χ4n) is 3.03. The summed E-state index contributed by atoms with van der Waals surface area (Å²) in [5.41, 5.74) is 4.49. The normalized spacial score (nSPS) is 12.0. The van der Waals surface area contributed by atoms with E-state index in [0.29, 0.717) is 12.1 Å². The van der Waals surface area contributed by atoms with Crippen LogP contribution < -0.4 is 5.32 Å². The Labute approximate surface area is 159 Å². The Morgan fingerprint density at radius 2 is 1.96 bits per heavy atom. The molecule has 1 aromatic heterocycles. The standard InChI is InChI=1S/C22H25N3O2/c1-3-5-21(26)18-10-8-17(9-11-18)19-6-4-7-20(12-19)22(27)23-13-16-14-24-25(2)15-16/h4,6-12,14-15,21,26H,3,5,13H2,1-2H3,(H,23,27). The number of amides is 1. The van der Waals surface area contributed by atoms with Gasteiger partial charge in [0.25, 0.3) is 5.91 Å². The average Bonchev–Trinajstić information content (AvgIpc) is 3.12. The zero-order valence-electron chi connectivity index (χ0n) is 15.7. The molecule has 0 fully saturated rings. The van der Waals surface area contributed by atoms with Crippen molar-refractivity contribution in [2.45, 2.75) is 32.4 Å². The van der Waals surface area contributed by atoms with Crippen molar-refractivity contribution in [3.8, 4) is 11.1 Å². The first-order chi connectivity index (χ1) is 13.1. The van der Waals surface area contributed by atoms with Crippen molar-refractivity contribution < 1.29 is 9.90 Å². The fourth-order valence-corrected chi connectivity index (χ4v) is 3.03. The number of hydrogen-bond acceptors (Lipinski definition) is 3.